The Morgan fingerprint density at radius 3 is 2.39 bits per heavy atom. The molecule has 0 saturated heterocycles. The highest BCUT2D eigenvalue weighted by molar-refractivity contribution is 7.95. The second-order valence-electron chi connectivity index (χ2n) is 7.60. The topological polar surface area (TPSA) is 93.1 Å². The highest BCUT2D eigenvalue weighted by Gasteiger charge is 2.46. The van der Waals surface area contributed by atoms with Gasteiger partial charge in [-0.1, -0.05) is 36.4 Å². The van der Waals surface area contributed by atoms with Gasteiger partial charge in [0.05, 0.1) is 10.9 Å². The lowest BCUT2D eigenvalue weighted by atomic mass is 10.1. The van der Waals surface area contributed by atoms with Crippen LogP contribution in [0.4, 0.5) is 4.39 Å². The molecule has 0 unspecified atom stereocenters. The number of hydrogen-bond acceptors (Lipinski definition) is 6. The third-order valence-corrected chi connectivity index (χ3v) is 7.46. The van der Waals surface area contributed by atoms with Crippen molar-refractivity contribution in [2.45, 2.75) is 17.5 Å². The van der Waals surface area contributed by atoms with Crippen LogP contribution < -0.4 is 9.47 Å². The standard InChI is InChI=1S/C24H18FNO6S/c25-17-9-7-16(8-10-17)21-23(33(29,30)18-4-2-1-3-5-18)22(27)24(28)26(21)13-15-6-11-19-20(12-15)32-14-31-19/h1-12,21,27H,13-14H2/t21-/m0/s1. The number of hydrogen-bond donors (Lipinski definition) is 1. The number of nitrogens with zero attached hydrogens (tertiary/aromatic N) is 1. The van der Waals surface area contributed by atoms with Gasteiger partial charge in [0.1, 0.15) is 10.7 Å². The summed E-state index contributed by atoms with van der Waals surface area (Å²) in [7, 11) is -4.23. The summed E-state index contributed by atoms with van der Waals surface area (Å²) in [5.74, 6) is -1.13. The Labute approximate surface area is 189 Å². The third-order valence-electron chi connectivity index (χ3n) is 5.58. The van der Waals surface area contributed by atoms with E-state index in [0.717, 1.165) is 0 Å². The summed E-state index contributed by atoms with van der Waals surface area (Å²) in [6.45, 7) is 0.0663. The van der Waals surface area contributed by atoms with E-state index in [2.05, 4.69) is 0 Å². The molecule has 5 rings (SSSR count). The molecular formula is C24H18FNO6S. The quantitative estimate of drug-likeness (QED) is 0.612. The van der Waals surface area contributed by atoms with Crippen molar-refractivity contribution in [2.75, 3.05) is 6.79 Å². The van der Waals surface area contributed by atoms with Gasteiger partial charge in [-0.15, -0.1) is 0 Å². The first-order chi connectivity index (χ1) is 15.9. The van der Waals surface area contributed by atoms with Gasteiger partial charge in [0.15, 0.2) is 17.3 Å². The zero-order valence-corrected chi connectivity index (χ0v) is 18.0. The van der Waals surface area contributed by atoms with Crippen molar-refractivity contribution >= 4 is 15.7 Å². The van der Waals surface area contributed by atoms with Crippen molar-refractivity contribution in [3.63, 3.8) is 0 Å². The summed E-state index contributed by atoms with van der Waals surface area (Å²) in [5, 5.41) is 10.7. The number of halogens is 1. The minimum atomic E-state index is -4.23. The predicted molar refractivity (Wildman–Crippen MR) is 116 cm³/mol. The van der Waals surface area contributed by atoms with E-state index in [0.29, 0.717) is 22.6 Å². The number of benzene rings is 3. The lowest BCUT2D eigenvalue weighted by molar-refractivity contribution is -0.130. The van der Waals surface area contributed by atoms with Crippen LogP contribution in [0.5, 0.6) is 11.5 Å². The van der Waals surface area contributed by atoms with E-state index in [9.17, 15) is 22.7 Å². The number of aliphatic hydroxyl groups excluding tert-OH is 1. The number of carbonyl (C=O) groups excluding carboxylic acids is 1. The van der Waals surface area contributed by atoms with Gasteiger partial charge in [0, 0.05) is 6.54 Å². The normalized spacial score (nSPS) is 17.7. The maximum atomic E-state index is 13.6. The van der Waals surface area contributed by atoms with Gasteiger partial charge in [0.2, 0.25) is 16.6 Å². The number of aliphatic hydroxyl groups is 1. The first kappa shape index (κ1) is 21.0. The van der Waals surface area contributed by atoms with E-state index in [4.69, 9.17) is 9.47 Å². The Bertz CT molecular complexity index is 1370. The number of fused-ring (bicyclic) bond motifs is 1. The van der Waals surface area contributed by atoms with Crippen molar-refractivity contribution in [3.8, 4) is 11.5 Å². The molecule has 1 N–H and O–H groups in total. The number of carbonyl (C=O) groups is 1. The zero-order valence-electron chi connectivity index (χ0n) is 17.1. The van der Waals surface area contributed by atoms with Crippen LogP contribution in [0, 0.1) is 5.82 Å². The molecule has 2 heterocycles. The fourth-order valence-corrected chi connectivity index (χ4v) is 5.67. The van der Waals surface area contributed by atoms with Crippen LogP contribution >= 0.6 is 0 Å². The number of sulfone groups is 1. The second-order valence-corrected chi connectivity index (χ2v) is 9.52. The average molecular weight is 467 g/mol. The molecule has 0 saturated carbocycles. The monoisotopic (exact) mass is 467 g/mol. The number of rotatable bonds is 5. The first-order valence-electron chi connectivity index (χ1n) is 10.0. The van der Waals surface area contributed by atoms with Crippen LogP contribution in [-0.2, 0) is 21.2 Å². The summed E-state index contributed by atoms with van der Waals surface area (Å²) in [5.41, 5.74) is 0.995. The van der Waals surface area contributed by atoms with Crippen molar-refractivity contribution < 1.29 is 32.2 Å². The van der Waals surface area contributed by atoms with Gasteiger partial charge >= 0.3 is 0 Å². The molecule has 3 aromatic carbocycles. The molecule has 7 nitrogen and oxygen atoms in total. The van der Waals surface area contributed by atoms with Crippen LogP contribution in [-0.4, -0.2) is 31.1 Å². The Balaban J connectivity index is 1.61. The molecule has 1 atom stereocenters. The average Bonchev–Trinajstić information content (AvgIpc) is 3.38. The van der Waals surface area contributed by atoms with Gasteiger partial charge in [-0.05, 0) is 47.5 Å². The highest BCUT2D eigenvalue weighted by atomic mass is 32.2. The maximum absolute atomic E-state index is 13.6. The minimum absolute atomic E-state index is 0.0185. The van der Waals surface area contributed by atoms with E-state index in [1.54, 1.807) is 36.4 Å². The van der Waals surface area contributed by atoms with Crippen molar-refractivity contribution in [2.24, 2.45) is 0 Å². The van der Waals surface area contributed by atoms with Crippen molar-refractivity contribution in [1.29, 1.82) is 0 Å². The van der Waals surface area contributed by atoms with Crippen LogP contribution in [0.3, 0.4) is 0 Å². The van der Waals surface area contributed by atoms with Gasteiger partial charge in [-0.2, -0.15) is 0 Å². The molecule has 0 aromatic heterocycles. The van der Waals surface area contributed by atoms with Gasteiger partial charge < -0.3 is 19.5 Å². The van der Waals surface area contributed by atoms with E-state index < -0.39 is 38.3 Å². The van der Waals surface area contributed by atoms with Crippen molar-refractivity contribution in [3.05, 3.63) is 100 Å². The molecule has 0 aliphatic carbocycles. The van der Waals surface area contributed by atoms with Gasteiger partial charge in [-0.25, -0.2) is 12.8 Å². The molecule has 9 heteroatoms. The zero-order chi connectivity index (χ0) is 23.2. The molecule has 2 aliphatic rings. The molecule has 1 amide bonds. The van der Waals surface area contributed by atoms with Gasteiger partial charge in [-0.3, -0.25) is 4.79 Å². The Hall–Kier alpha value is -3.85. The summed E-state index contributed by atoms with van der Waals surface area (Å²) in [4.78, 5) is 13.9. The Morgan fingerprint density at radius 2 is 1.67 bits per heavy atom. The SMILES string of the molecule is O=C1C(O)=C(S(=O)(=O)c2ccccc2)[C@H](c2ccc(F)cc2)N1Cc1ccc2c(c1)OCO2. The lowest BCUT2D eigenvalue weighted by Crippen LogP contribution is -2.30. The van der Waals surface area contributed by atoms with Gasteiger partial charge in [0.25, 0.3) is 5.91 Å². The largest absolute Gasteiger partial charge is 0.502 e. The molecule has 3 aromatic rings. The summed E-state index contributed by atoms with van der Waals surface area (Å²) < 4.78 is 51.3. The number of ether oxygens (including phenoxy) is 2. The molecule has 0 bridgehead atoms. The predicted octanol–water partition coefficient (Wildman–Crippen LogP) is 3.88. The molecule has 2 aliphatic heterocycles. The molecular weight excluding hydrogens is 449 g/mol. The molecule has 0 fully saturated rings. The fourth-order valence-electron chi connectivity index (χ4n) is 4.01. The molecule has 33 heavy (non-hydrogen) atoms. The maximum Gasteiger partial charge on any atom is 0.290 e. The highest BCUT2D eigenvalue weighted by Crippen LogP contribution is 2.43. The van der Waals surface area contributed by atoms with Crippen LogP contribution in [0.15, 0.2) is 88.4 Å². The first-order valence-corrected chi connectivity index (χ1v) is 11.5. The van der Waals surface area contributed by atoms with Crippen molar-refractivity contribution in [1.82, 2.24) is 4.90 Å². The van der Waals surface area contributed by atoms with E-state index >= 15 is 0 Å². The van der Waals surface area contributed by atoms with E-state index in [1.165, 1.54) is 41.3 Å². The molecule has 0 spiro atoms. The molecule has 168 valence electrons. The Morgan fingerprint density at radius 1 is 0.970 bits per heavy atom. The summed E-state index contributed by atoms with van der Waals surface area (Å²) in [6, 6.07) is 16.7. The smallest absolute Gasteiger partial charge is 0.290 e. The van der Waals surface area contributed by atoms with Crippen LogP contribution in [0.1, 0.15) is 17.2 Å². The second kappa shape index (κ2) is 7.93. The minimum Gasteiger partial charge on any atom is -0.502 e. The summed E-state index contributed by atoms with van der Waals surface area (Å²) in [6.07, 6.45) is 0. The van der Waals surface area contributed by atoms with Crippen LogP contribution in [0.25, 0.3) is 0 Å². The molecule has 0 radical (unpaired) electrons. The fraction of sp³-hybridized carbons (Fsp3) is 0.125. The van der Waals surface area contributed by atoms with Crippen LogP contribution in [0.2, 0.25) is 0 Å². The van der Waals surface area contributed by atoms with E-state index in [1.807, 2.05) is 0 Å². The lowest BCUT2D eigenvalue weighted by Gasteiger charge is -2.27. The number of amides is 1. The third kappa shape index (κ3) is 3.60. The summed E-state index contributed by atoms with van der Waals surface area (Å²) >= 11 is 0. The van der Waals surface area contributed by atoms with E-state index in [-0.39, 0.29) is 18.2 Å². The Kier molecular flexibility index (Phi) is 5.05.